The van der Waals surface area contributed by atoms with Crippen molar-refractivity contribution in [2.45, 2.75) is 32.9 Å². The van der Waals surface area contributed by atoms with Gasteiger partial charge in [0.05, 0.1) is 13.1 Å². The van der Waals surface area contributed by atoms with E-state index in [2.05, 4.69) is 29.3 Å². The molecule has 2 heterocycles. The molecule has 15 heavy (non-hydrogen) atoms. The molecule has 3 nitrogen and oxygen atoms in total. The molecule has 1 aliphatic heterocycles. The Bertz CT molecular complexity index is 290. The summed E-state index contributed by atoms with van der Waals surface area (Å²) >= 11 is 0. The molecule has 0 bridgehead atoms. The maximum atomic E-state index is 5.74. The van der Waals surface area contributed by atoms with Crippen molar-refractivity contribution >= 4 is 0 Å². The van der Waals surface area contributed by atoms with Gasteiger partial charge in [-0.25, -0.2) is 0 Å². The van der Waals surface area contributed by atoms with Crippen molar-refractivity contribution in [1.82, 2.24) is 10.2 Å². The molecule has 0 unspecified atom stereocenters. The summed E-state index contributed by atoms with van der Waals surface area (Å²) in [7, 11) is 0. The van der Waals surface area contributed by atoms with E-state index in [0.717, 1.165) is 31.2 Å². The van der Waals surface area contributed by atoms with Crippen LogP contribution < -0.4 is 5.32 Å². The number of likely N-dealkylation sites (tertiary alicyclic amines) is 1. The van der Waals surface area contributed by atoms with Crippen molar-refractivity contribution in [3.8, 4) is 0 Å². The zero-order valence-corrected chi connectivity index (χ0v) is 9.46. The number of hydrogen-bond acceptors (Lipinski definition) is 3. The van der Waals surface area contributed by atoms with Crippen LogP contribution in [0, 0.1) is 0 Å². The quantitative estimate of drug-likeness (QED) is 0.802. The smallest absolute Gasteiger partial charge is 0.118 e. The first-order chi connectivity index (χ1) is 7.38. The molecule has 0 amide bonds. The molecule has 1 saturated heterocycles. The minimum absolute atomic E-state index is 0.844. The Morgan fingerprint density at radius 1 is 1.27 bits per heavy atom. The Labute approximate surface area is 91.4 Å². The lowest BCUT2D eigenvalue weighted by Crippen LogP contribution is -2.17. The van der Waals surface area contributed by atoms with Crippen LogP contribution in [0.5, 0.6) is 0 Å². The van der Waals surface area contributed by atoms with Gasteiger partial charge in [-0.1, -0.05) is 6.92 Å². The molecule has 1 aromatic heterocycles. The Hall–Kier alpha value is -0.800. The number of hydrogen-bond donors (Lipinski definition) is 1. The molecule has 0 aromatic carbocycles. The average Bonchev–Trinajstić information content (AvgIpc) is 2.87. The fourth-order valence-electron chi connectivity index (χ4n) is 2.01. The fourth-order valence-corrected chi connectivity index (χ4v) is 2.01. The highest BCUT2D eigenvalue weighted by atomic mass is 16.3. The molecular weight excluding hydrogens is 188 g/mol. The minimum Gasteiger partial charge on any atom is -0.463 e. The molecule has 0 aliphatic carbocycles. The standard InChI is InChI=1S/C12H20N2O/c1-2-13-9-11-5-6-12(15-11)10-14-7-3-4-8-14/h5-6,13H,2-4,7-10H2,1H3. The van der Waals surface area contributed by atoms with Crippen molar-refractivity contribution in [2.75, 3.05) is 19.6 Å². The van der Waals surface area contributed by atoms with Gasteiger partial charge in [0.25, 0.3) is 0 Å². The van der Waals surface area contributed by atoms with Crippen LogP contribution >= 0.6 is 0 Å². The van der Waals surface area contributed by atoms with Crippen molar-refractivity contribution in [3.63, 3.8) is 0 Å². The Morgan fingerprint density at radius 2 is 2.00 bits per heavy atom. The van der Waals surface area contributed by atoms with E-state index < -0.39 is 0 Å². The molecular formula is C12H20N2O. The molecule has 0 saturated carbocycles. The van der Waals surface area contributed by atoms with Crippen molar-refractivity contribution in [3.05, 3.63) is 23.7 Å². The largest absolute Gasteiger partial charge is 0.463 e. The van der Waals surface area contributed by atoms with E-state index in [1.807, 2.05) is 0 Å². The second kappa shape index (κ2) is 5.33. The van der Waals surface area contributed by atoms with Crippen molar-refractivity contribution in [1.29, 1.82) is 0 Å². The third-order valence-corrected chi connectivity index (χ3v) is 2.84. The number of nitrogens with zero attached hydrogens (tertiary/aromatic N) is 1. The van der Waals surface area contributed by atoms with E-state index in [0.29, 0.717) is 0 Å². The van der Waals surface area contributed by atoms with Crippen LogP contribution in [0.4, 0.5) is 0 Å². The Balaban J connectivity index is 1.83. The van der Waals surface area contributed by atoms with Gasteiger partial charge in [-0.3, -0.25) is 4.90 Å². The van der Waals surface area contributed by atoms with Gasteiger partial charge < -0.3 is 9.73 Å². The topological polar surface area (TPSA) is 28.4 Å². The summed E-state index contributed by atoms with van der Waals surface area (Å²) in [5.41, 5.74) is 0. The highest BCUT2D eigenvalue weighted by Gasteiger charge is 2.13. The normalized spacial score (nSPS) is 17.4. The van der Waals surface area contributed by atoms with E-state index in [-0.39, 0.29) is 0 Å². The summed E-state index contributed by atoms with van der Waals surface area (Å²) in [6.45, 7) is 7.37. The minimum atomic E-state index is 0.844. The Kier molecular flexibility index (Phi) is 3.80. The molecule has 0 radical (unpaired) electrons. The van der Waals surface area contributed by atoms with Crippen LogP contribution in [-0.4, -0.2) is 24.5 Å². The van der Waals surface area contributed by atoms with E-state index in [1.165, 1.54) is 25.9 Å². The zero-order valence-electron chi connectivity index (χ0n) is 9.46. The fraction of sp³-hybridized carbons (Fsp3) is 0.667. The summed E-state index contributed by atoms with van der Waals surface area (Å²) in [6, 6.07) is 4.18. The van der Waals surface area contributed by atoms with E-state index in [1.54, 1.807) is 0 Å². The second-order valence-corrected chi connectivity index (χ2v) is 4.13. The van der Waals surface area contributed by atoms with Gasteiger partial charge in [-0.2, -0.15) is 0 Å². The van der Waals surface area contributed by atoms with E-state index >= 15 is 0 Å². The van der Waals surface area contributed by atoms with Crippen LogP contribution in [0.2, 0.25) is 0 Å². The molecule has 2 rings (SSSR count). The van der Waals surface area contributed by atoms with Gasteiger partial charge in [-0.05, 0) is 44.6 Å². The summed E-state index contributed by atoms with van der Waals surface area (Å²) in [4.78, 5) is 2.45. The highest BCUT2D eigenvalue weighted by molar-refractivity contribution is 5.07. The molecule has 1 fully saturated rings. The maximum Gasteiger partial charge on any atom is 0.118 e. The first-order valence-corrected chi connectivity index (χ1v) is 5.89. The maximum absolute atomic E-state index is 5.74. The van der Waals surface area contributed by atoms with E-state index in [9.17, 15) is 0 Å². The lowest BCUT2D eigenvalue weighted by atomic mass is 10.4. The molecule has 0 atom stereocenters. The molecule has 84 valence electrons. The van der Waals surface area contributed by atoms with Gasteiger partial charge in [0.15, 0.2) is 0 Å². The molecule has 1 aliphatic rings. The van der Waals surface area contributed by atoms with Gasteiger partial charge in [0, 0.05) is 0 Å². The van der Waals surface area contributed by atoms with Gasteiger partial charge in [0.1, 0.15) is 11.5 Å². The molecule has 3 heteroatoms. The predicted molar refractivity (Wildman–Crippen MR) is 60.6 cm³/mol. The van der Waals surface area contributed by atoms with Crippen LogP contribution in [0.25, 0.3) is 0 Å². The van der Waals surface area contributed by atoms with Gasteiger partial charge >= 0.3 is 0 Å². The molecule has 0 spiro atoms. The van der Waals surface area contributed by atoms with Crippen LogP contribution in [0.15, 0.2) is 16.5 Å². The second-order valence-electron chi connectivity index (χ2n) is 4.13. The summed E-state index contributed by atoms with van der Waals surface area (Å²) in [6.07, 6.45) is 2.68. The first kappa shape index (κ1) is 10.7. The first-order valence-electron chi connectivity index (χ1n) is 5.89. The van der Waals surface area contributed by atoms with Crippen molar-refractivity contribution in [2.24, 2.45) is 0 Å². The third kappa shape index (κ3) is 3.08. The highest BCUT2D eigenvalue weighted by Crippen LogP contribution is 2.14. The lowest BCUT2D eigenvalue weighted by Gasteiger charge is -2.11. The SMILES string of the molecule is CCNCc1ccc(CN2CCCC2)o1. The van der Waals surface area contributed by atoms with Gasteiger partial charge in [0.2, 0.25) is 0 Å². The lowest BCUT2D eigenvalue weighted by molar-refractivity contribution is 0.292. The van der Waals surface area contributed by atoms with E-state index in [4.69, 9.17) is 4.42 Å². The van der Waals surface area contributed by atoms with Crippen molar-refractivity contribution < 1.29 is 4.42 Å². The summed E-state index contributed by atoms with van der Waals surface area (Å²) in [5, 5.41) is 3.26. The zero-order chi connectivity index (χ0) is 10.5. The van der Waals surface area contributed by atoms with Crippen LogP contribution in [0.3, 0.4) is 0 Å². The van der Waals surface area contributed by atoms with Gasteiger partial charge in [-0.15, -0.1) is 0 Å². The summed E-state index contributed by atoms with van der Waals surface area (Å²) < 4.78 is 5.74. The predicted octanol–water partition coefficient (Wildman–Crippen LogP) is 1.98. The monoisotopic (exact) mass is 208 g/mol. The summed E-state index contributed by atoms with van der Waals surface area (Å²) in [5.74, 6) is 2.15. The third-order valence-electron chi connectivity index (χ3n) is 2.84. The Morgan fingerprint density at radius 3 is 2.73 bits per heavy atom. The number of rotatable bonds is 5. The molecule has 1 N–H and O–H groups in total. The number of furan rings is 1. The van der Waals surface area contributed by atoms with Crippen LogP contribution in [-0.2, 0) is 13.1 Å². The van der Waals surface area contributed by atoms with Crippen LogP contribution in [0.1, 0.15) is 31.3 Å². The average molecular weight is 208 g/mol. The molecule has 1 aromatic rings. The number of nitrogens with one attached hydrogen (secondary N) is 1.